The number of aldehydes is 1. The largest absolute Gasteiger partial charge is 0.493 e. The van der Waals surface area contributed by atoms with Crippen LogP contribution in [0.5, 0.6) is 23.0 Å². The van der Waals surface area contributed by atoms with Crippen molar-refractivity contribution in [2.45, 2.75) is 69.7 Å². The second-order valence-electron chi connectivity index (χ2n) is 18.3. The number of amides is 1. The van der Waals surface area contributed by atoms with Crippen molar-refractivity contribution in [3.05, 3.63) is 188 Å². The zero-order valence-corrected chi connectivity index (χ0v) is 45.1. The number of para-hydroxylation sites is 1. The van der Waals surface area contributed by atoms with Crippen molar-refractivity contribution >= 4 is 51.0 Å². The number of sulfone groups is 1. The highest BCUT2D eigenvalue weighted by atomic mass is 32.2. The van der Waals surface area contributed by atoms with Crippen molar-refractivity contribution in [3.63, 3.8) is 0 Å². The van der Waals surface area contributed by atoms with Gasteiger partial charge < -0.3 is 29.0 Å². The summed E-state index contributed by atoms with van der Waals surface area (Å²) < 4.78 is 58.1. The average molecular weight is 1080 g/mol. The number of thiazole rings is 2. The van der Waals surface area contributed by atoms with Gasteiger partial charge in [-0.3, -0.25) is 9.69 Å². The number of ether oxygens (including phenoxy) is 5. The monoisotopic (exact) mass is 1080 g/mol. The molecule has 5 aromatic carbocycles. The third kappa shape index (κ3) is 14.3. The van der Waals surface area contributed by atoms with Gasteiger partial charge in [0.25, 0.3) is 5.16 Å². The van der Waals surface area contributed by atoms with E-state index in [4.69, 9.17) is 23.7 Å². The molecule has 8 aromatic rings. The molecule has 0 aliphatic carbocycles. The molecule has 0 spiro atoms. The third-order valence-electron chi connectivity index (χ3n) is 11.9. The van der Waals surface area contributed by atoms with Crippen molar-refractivity contribution in [3.8, 4) is 28.7 Å². The van der Waals surface area contributed by atoms with E-state index in [1.807, 2.05) is 72.2 Å². The van der Waals surface area contributed by atoms with Gasteiger partial charge in [0, 0.05) is 36.2 Å². The molecule has 1 amide bonds. The molecule has 2 aliphatic rings. The minimum atomic E-state index is -4.12. The standard InChI is InChI=1S/C30H33N5O6S.C22H22N2O2S.C4H3NOS/c1-30(2,3)41-29(36)34-16-15-22-17-27(40-19-21-11-7-5-8-12-21)26(39-4)18-24(22)25(34)20-42(37,38)28-31-32-33-35(28)23-13-9-6-10-14-23;1-25-20-14-18-17(13-21(20)26-15-16-5-3-2-4-6-16)9-10-23-19(18)7-8-22-24-11-12-27-22;6-3-4-5-1-2-7-4/h5-14,17-18,25H,15-16,19-20H2,1-4H3;2-8,11-14,19,23H,9-10,15H2,1H3;1-3H/b;8-7+;. The Bertz CT molecular complexity index is 3280. The molecule has 76 heavy (non-hydrogen) atoms. The smallest absolute Gasteiger partial charge is 0.410 e. The Hall–Kier alpha value is -7.78. The van der Waals surface area contributed by atoms with E-state index >= 15 is 0 Å². The van der Waals surface area contributed by atoms with Crippen molar-refractivity contribution in [2.75, 3.05) is 33.1 Å². The molecule has 2 unspecified atom stereocenters. The van der Waals surface area contributed by atoms with Crippen molar-refractivity contribution in [1.29, 1.82) is 0 Å². The van der Waals surface area contributed by atoms with Gasteiger partial charge in [-0.05, 0) is 120 Å². The summed E-state index contributed by atoms with van der Waals surface area (Å²) in [6.07, 6.45) is 9.25. The molecule has 0 fully saturated rings. The number of carbonyl (C=O) groups is 2. The first-order valence-corrected chi connectivity index (χ1v) is 27.7. The van der Waals surface area contributed by atoms with Gasteiger partial charge in [0.15, 0.2) is 34.3 Å². The molecule has 2 atom stereocenters. The summed E-state index contributed by atoms with van der Waals surface area (Å²) in [5.74, 6) is 2.04. The Morgan fingerprint density at radius 2 is 1.32 bits per heavy atom. The lowest BCUT2D eigenvalue weighted by Gasteiger charge is -2.38. The van der Waals surface area contributed by atoms with Gasteiger partial charge in [-0.1, -0.05) is 90.0 Å². The summed E-state index contributed by atoms with van der Waals surface area (Å²) in [5, 5.41) is 19.9. The van der Waals surface area contributed by atoms with Crippen LogP contribution >= 0.6 is 22.7 Å². The molecule has 20 heteroatoms. The number of benzene rings is 5. The van der Waals surface area contributed by atoms with Gasteiger partial charge in [0.05, 0.1) is 37.7 Å². The van der Waals surface area contributed by atoms with Crippen LogP contribution in [0.2, 0.25) is 0 Å². The number of carbonyl (C=O) groups excluding carboxylic acids is 2. The van der Waals surface area contributed by atoms with E-state index in [1.54, 1.807) is 81.1 Å². The lowest BCUT2D eigenvalue weighted by Crippen LogP contribution is -2.45. The van der Waals surface area contributed by atoms with E-state index < -0.39 is 33.3 Å². The van der Waals surface area contributed by atoms with Crippen LogP contribution in [0.15, 0.2) is 150 Å². The van der Waals surface area contributed by atoms with E-state index in [9.17, 15) is 18.0 Å². The topological polar surface area (TPSA) is 199 Å². The molecule has 5 heterocycles. The molecule has 0 saturated heterocycles. The second kappa shape index (κ2) is 25.6. The number of hydrogen-bond donors (Lipinski definition) is 1. The van der Waals surface area contributed by atoms with Gasteiger partial charge in [-0.25, -0.2) is 23.2 Å². The molecule has 3 aromatic heterocycles. The summed E-state index contributed by atoms with van der Waals surface area (Å²) in [5.41, 5.74) is 5.86. The van der Waals surface area contributed by atoms with Gasteiger partial charge in [0.2, 0.25) is 9.84 Å². The number of hydrogen-bond acceptors (Lipinski definition) is 17. The predicted molar refractivity (Wildman–Crippen MR) is 291 cm³/mol. The molecule has 0 radical (unpaired) electrons. The quantitative estimate of drug-likeness (QED) is 0.0951. The van der Waals surface area contributed by atoms with Crippen LogP contribution in [0.4, 0.5) is 4.79 Å². The van der Waals surface area contributed by atoms with E-state index in [0.717, 1.165) is 52.4 Å². The molecular weight excluding hydrogens is 1020 g/mol. The van der Waals surface area contributed by atoms with Gasteiger partial charge in [0.1, 0.15) is 23.8 Å². The lowest BCUT2D eigenvalue weighted by atomic mass is 9.93. The highest BCUT2D eigenvalue weighted by molar-refractivity contribution is 7.91. The predicted octanol–water partition coefficient (Wildman–Crippen LogP) is 10.1. The first kappa shape index (κ1) is 54.5. The minimum absolute atomic E-state index is 0.148. The number of nitrogens with zero attached hydrogens (tertiary/aromatic N) is 7. The van der Waals surface area contributed by atoms with Gasteiger partial charge >= 0.3 is 6.09 Å². The molecule has 17 nitrogen and oxygen atoms in total. The average Bonchev–Trinajstić information content (AvgIpc) is 4.29. The molecule has 10 rings (SSSR count). The molecule has 0 saturated carbocycles. The molecule has 2 aliphatic heterocycles. The normalized spacial score (nSPS) is 14.9. The van der Waals surface area contributed by atoms with Crippen molar-refractivity contribution in [1.82, 2.24) is 40.4 Å². The number of tetrazole rings is 1. The third-order valence-corrected chi connectivity index (χ3v) is 14.9. The van der Waals surface area contributed by atoms with Crippen molar-refractivity contribution < 1.29 is 41.7 Å². The highest BCUT2D eigenvalue weighted by Gasteiger charge is 2.39. The van der Waals surface area contributed by atoms with Crippen LogP contribution in [-0.2, 0) is 40.6 Å². The number of rotatable bonds is 15. The Balaban J connectivity index is 0.000000191. The summed E-state index contributed by atoms with van der Waals surface area (Å²) in [4.78, 5) is 32.7. The van der Waals surface area contributed by atoms with Crippen LogP contribution < -0.4 is 24.3 Å². The lowest BCUT2D eigenvalue weighted by molar-refractivity contribution is 0.0162. The zero-order chi connectivity index (χ0) is 53.5. The fourth-order valence-corrected chi connectivity index (χ4v) is 10.9. The van der Waals surface area contributed by atoms with E-state index in [-0.39, 0.29) is 17.7 Å². The Morgan fingerprint density at radius 3 is 1.86 bits per heavy atom. The molecule has 394 valence electrons. The van der Waals surface area contributed by atoms with E-state index in [2.05, 4.69) is 67.2 Å². The first-order valence-electron chi connectivity index (χ1n) is 24.3. The van der Waals surface area contributed by atoms with Crippen LogP contribution in [0.3, 0.4) is 0 Å². The van der Waals surface area contributed by atoms with Crippen LogP contribution in [0.1, 0.15) is 81.0 Å². The zero-order valence-electron chi connectivity index (χ0n) is 42.6. The number of methoxy groups -OCH3 is 2. The summed E-state index contributed by atoms with van der Waals surface area (Å²) in [7, 11) is -0.911. The number of nitrogens with one attached hydrogen (secondary N) is 1. The summed E-state index contributed by atoms with van der Waals surface area (Å²) in [6.45, 7) is 7.34. The number of fused-ring (bicyclic) bond motifs is 2. The van der Waals surface area contributed by atoms with Crippen LogP contribution in [-0.4, -0.2) is 94.5 Å². The molecule has 1 N–H and O–H groups in total. The maximum Gasteiger partial charge on any atom is 0.410 e. The number of aromatic nitrogens is 6. The molecular formula is C56H58N8O9S3. The minimum Gasteiger partial charge on any atom is -0.493 e. The van der Waals surface area contributed by atoms with E-state index in [1.165, 1.54) is 39.2 Å². The van der Waals surface area contributed by atoms with E-state index in [0.29, 0.717) is 47.4 Å². The summed E-state index contributed by atoms with van der Waals surface area (Å²) in [6, 6.07) is 35.8. The van der Waals surface area contributed by atoms with Crippen LogP contribution in [0.25, 0.3) is 11.8 Å². The van der Waals surface area contributed by atoms with Gasteiger partial charge in [-0.15, -0.1) is 22.7 Å². The Kier molecular flexibility index (Phi) is 18.4. The Labute approximate surface area is 450 Å². The second-order valence-corrected chi connectivity index (χ2v) is 22.1. The maximum atomic E-state index is 13.9. The fourth-order valence-electron chi connectivity index (χ4n) is 8.39. The maximum absolute atomic E-state index is 13.9. The fraction of sp³-hybridized carbons (Fsp3) is 0.268. The first-order chi connectivity index (χ1) is 36.8. The summed E-state index contributed by atoms with van der Waals surface area (Å²) >= 11 is 2.98. The highest BCUT2D eigenvalue weighted by Crippen LogP contribution is 2.41. The van der Waals surface area contributed by atoms with Crippen molar-refractivity contribution in [2.24, 2.45) is 0 Å². The van der Waals surface area contributed by atoms with Crippen LogP contribution in [0, 0.1) is 0 Å². The van der Waals surface area contributed by atoms with Gasteiger partial charge in [-0.2, -0.15) is 4.68 Å². The Morgan fingerprint density at radius 1 is 0.750 bits per heavy atom. The SMILES string of the molecule is COc1cc2c(cc1OCc1ccccc1)CCN(C(=O)OC(C)(C)C)C2CS(=O)(=O)c1nnnn1-c1ccccc1.COc1cc2c(cc1OCc1ccccc1)CCNC2/C=C/c1nccs1.O=Cc1nccs1. The molecule has 0 bridgehead atoms.